The monoisotopic (exact) mass is 301 g/mol. The molecule has 1 nitrogen and oxygen atoms in total. The molecule has 0 saturated heterocycles. The highest BCUT2D eigenvalue weighted by molar-refractivity contribution is 6.33. The Morgan fingerprint density at radius 1 is 1.05 bits per heavy atom. The van der Waals surface area contributed by atoms with Crippen LogP contribution in [-0.2, 0) is 6.42 Å². The van der Waals surface area contributed by atoms with Crippen LogP contribution in [0, 0.1) is 0 Å². The van der Waals surface area contributed by atoms with E-state index >= 15 is 0 Å². The number of benzene rings is 2. The van der Waals surface area contributed by atoms with Gasteiger partial charge >= 0.3 is 0 Å². The summed E-state index contributed by atoms with van der Waals surface area (Å²) in [5.41, 5.74) is 3.95. The molecule has 0 aromatic heterocycles. The van der Waals surface area contributed by atoms with Gasteiger partial charge in [-0.25, -0.2) is 4.39 Å². The summed E-state index contributed by atoms with van der Waals surface area (Å²) in [5.74, 6) is -0.00685. The van der Waals surface area contributed by atoms with E-state index in [0.29, 0.717) is 18.0 Å². The molecule has 0 saturated carbocycles. The van der Waals surface area contributed by atoms with Crippen molar-refractivity contribution in [3.8, 4) is 0 Å². The summed E-state index contributed by atoms with van der Waals surface area (Å²) in [6.45, 7) is 0.520. The van der Waals surface area contributed by atoms with Gasteiger partial charge in [-0.2, -0.15) is 0 Å². The Kier molecular flexibility index (Phi) is 3.98. The van der Waals surface area contributed by atoms with Crippen molar-refractivity contribution < 1.29 is 4.39 Å². The van der Waals surface area contributed by atoms with Crippen molar-refractivity contribution in [2.45, 2.75) is 12.8 Å². The van der Waals surface area contributed by atoms with Crippen molar-refractivity contribution in [1.29, 1.82) is 0 Å². The van der Waals surface area contributed by atoms with E-state index in [9.17, 15) is 4.39 Å². The van der Waals surface area contributed by atoms with Gasteiger partial charge in [-0.3, -0.25) is 0 Å². The Hall–Kier alpha value is -1.80. The van der Waals surface area contributed by atoms with E-state index in [1.807, 2.05) is 54.4 Å². The first-order valence-corrected chi connectivity index (χ1v) is 7.46. The second kappa shape index (κ2) is 5.90. The maximum absolute atomic E-state index is 14.3. The summed E-state index contributed by atoms with van der Waals surface area (Å²) in [6.07, 6.45) is 1.27. The SMILES string of the molecule is CN(CC1=C(F)CCc2ccccc21)c1ccccc1Cl. The number of aryl methyl sites for hydroxylation is 1. The van der Waals surface area contributed by atoms with Crippen molar-refractivity contribution >= 4 is 22.9 Å². The number of halogens is 2. The Labute approximate surface area is 129 Å². The van der Waals surface area contributed by atoms with Crippen LogP contribution < -0.4 is 4.90 Å². The van der Waals surface area contributed by atoms with Crippen LogP contribution in [0.15, 0.2) is 54.4 Å². The number of rotatable bonds is 3. The zero-order valence-electron chi connectivity index (χ0n) is 11.9. The molecule has 0 unspecified atom stereocenters. The Morgan fingerprint density at radius 2 is 1.76 bits per heavy atom. The van der Waals surface area contributed by atoms with Gasteiger partial charge in [0.15, 0.2) is 0 Å². The third-order valence-corrected chi connectivity index (χ3v) is 4.26. The number of anilines is 1. The highest BCUT2D eigenvalue weighted by Gasteiger charge is 2.20. The summed E-state index contributed by atoms with van der Waals surface area (Å²) >= 11 is 6.22. The highest BCUT2D eigenvalue weighted by Crippen LogP contribution is 2.34. The van der Waals surface area contributed by atoms with E-state index in [0.717, 1.165) is 23.2 Å². The lowest BCUT2D eigenvalue weighted by molar-refractivity contribution is 0.582. The third kappa shape index (κ3) is 2.81. The van der Waals surface area contributed by atoms with Crippen LogP contribution in [0.2, 0.25) is 5.02 Å². The van der Waals surface area contributed by atoms with Gasteiger partial charge in [-0.15, -0.1) is 0 Å². The summed E-state index contributed by atoms with van der Waals surface area (Å²) in [6, 6.07) is 15.7. The zero-order chi connectivity index (χ0) is 14.8. The Balaban J connectivity index is 1.92. The predicted octanol–water partition coefficient (Wildman–Crippen LogP) is 5.10. The van der Waals surface area contributed by atoms with Crippen molar-refractivity contribution in [2.24, 2.45) is 0 Å². The summed E-state index contributed by atoms with van der Waals surface area (Å²) in [7, 11) is 1.94. The largest absolute Gasteiger partial charge is 0.369 e. The molecule has 0 fully saturated rings. The number of para-hydroxylation sites is 1. The standard InChI is InChI=1S/C18H17ClFN/c1-21(18-9-5-4-8-16(18)19)12-15-14-7-3-2-6-13(14)10-11-17(15)20/h2-9H,10-12H2,1H3. The second-order valence-electron chi connectivity index (χ2n) is 5.35. The maximum Gasteiger partial charge on any atom is 0.106 e. The molecule has 0 N–H and O–H groups in total. The molecule has 21 heavy (non-hydrogen) atoms. The van der Waals surface area contributed by atoms with E-state index in [1.165, 1.54) is 5.56 Å². The highest BCUT2D eigenvalue weighted by atomic mass is 35.5. The number of hydrogen-bond donors (Lipinski definition) is 0. The minimum atomic E-state index is -0.00685. The van der Waals surface area contributed by atoms with E-state index in [4.69, 9.17) is 11.6 Å². The molecule has 0 bridgehead atoms. The van der Waals surface area contributed by atoms with Gasteiger partial charge < -0.3 is 4.90 Å². The molecule has 3 heteroatoms. The number of fused-ring (bicyclic) bond motifs is 1. The van der Waals surface area contributed by atoms with Crippen LogP contribution in [0.5, 0.6) is 0 Å². The summed E-state index contributed by atoms with van der Waals surface area (Å²) in [4.78, 5) is 2.00. The van der Waals surface area contributed by atoms with Crippen molar-refractivity contribution in [3.05, 3.63) is 70.5 Å². The van der Waals surface area contributed by atoms with Crippen LogP contribution in [-0.4, -0.2) is 13.6 Å². The molecular weight excluding hydrogens is 285 g/mol. The first-order chi connectivity index (χ1) is 10.2. The number of allylic oxidation sites excluding steroid dienone is 1. The van der Waals surface area contributed by atoms with Crippen molar-refractivity contribution in [1.82, 2.24) is 0 Å². The number of nitrogens with zero attached hydrogens (tertiary/aromatic N) is 1. The zero-order valence-corrected chi connectivity index (χ0v) is 12.7. The normalized spacial score (nSPS) is 14.0. The molecule has 0 radical (unpaired) electrons. The fourth-order valence-corrected chi connectivity index (χ4v) is 3.11. The Bertz CT molecular complexity index is 693. The first-order valence-electron chi connectivity index (χ1n) is 7.08. The number of hydrogen-bond acceptors (Lipinski definition) is 1. The average molecular weight is 302 g/mol. The first kappa shape index (κ1) is 14.2. The van der Waals surface area contributed by atoms with Gasteiger partial charge in [-0.05, 0) is 29.7 Å². The fourth-order valence-electron chi connectivity index (χ4n) is 2.83. The molecule has 0 atom stereocenters. The molecule has 0 spiro atoms. The smallest absolute Gasteiger partial charge is 0.106 e. The molecule has 0 aliphatic heterocycles. The summed E-state index contributed by atoms with van der Waals surface area (Å²) in [5, 5.41) is 0.685. The van der Waals surface area contributed by atoms with Crippen molar-refractivity contribution in [3.63, 3.8) is 0 Å². The lowest BCUT2D eigenvalue weighted by Crippen LogP contribution is -2.22. The quantitative estimate of drug-likeness (QED) is 0.762. The van der Waals surface area contributed by atoms with Gasteiger partial charge in [-0.1, -0.05) is 48.0 Å². The molecule has 1 aliphatic rings. The Morgan fingerprint density at radius 3 is 2.57 bits per heavy atom. The van der Waals surface area contributed by atoms with Crippen molar-refractivity contribution in [2.75, 3.05) is 18.5 Å². The van der Waals surface area contributed by atoms with E-state index in [-0.39, 0.29) is 5.83 Å². The molecule has 1 aliphatic carbocycles. The lowest BCUT2D eigenvalue weighted by atomic mass is 9.90. The number of likely N-dealkylation sites (N-methyl/N-ethyl adjacent to an activating group) is 1. The molecular formula is C18H17ClFN. The van der Waals surface area contributed by atoms with E-state index in [1.54, 1.807) is 0 Å². The van der Waals surface area contributed by atoms with Gasteiger partial charge in [0.25, 0.3) is 0 Å². The minimum absolute atomic E-state index is 0.00685. The van der Waals surface area contributed by atoms with Crippen LogP contribution in [0.25, 0.3) is 5.57 Å². The molecule has 0 heterocycles. The van der Waals surface area contributed by atoms with Gasteiger partial charge in [0.1, 0.15) is 5.83 Å². The van der Waals surface area contributed by atoms with Gasteiger partial charge in [0.05, 0.1) is 10.7 Å². The molecule has 2 aromatic carbocycles. The van der Waals surface area contributed by atoms with E-state index in [2.05, 4.69) is 6.07 Å². The van der Waals surface area contributed by atoms with Gasteiger partial charge in [0.2, 0.25) is 0 Å². The summed E-state index contributed by atoms with van der Waals surface area (Å²) < 4.78 is 14.3. The van der Waals surface area contributed by atoms with E-state index < -0.39 is 0 Å². The van der Waals surface area contributed by atoms with Crippen LogP contribution >= 0.6 is 11.6 Å². The molecule has 0 amide bonds. The lowest BCUT2D eigenvalue weighted by Gasteiger charge is -2.26. The molecule has 3 rings (SSSR count). The third-order valence-electron chi connectivity index (χ3n) is 3.94. The topological polar surface area (TPSA) is 3.24 Å². The molecule has 108 valence electrons. The maximum atomic E-state index is 14.3. The van der Waals surface area contributed by atoms with Crippen LogP contribution in [0.4, 0.5) is 10.1 Å². The average Bonchev–Trinajstić information content (AvgIpc) is 2.50. The second-order valence-corrected chi connectivity index (χ2v) is 5.76. The molecule has 2 aromatic rings. The van der Waals surface area contributed by atoms with Crippen LogP contribution in [0.3, 0.4) is 0 Å². The van der Waals surface area contributed by atoms with Crippen LogP contribution in [0.1, 0.15) is 17.5 Å². The fraction of sp³-hybridized carbons (Fsp3) is 0.222. The predicted molar refractivity (Wildman–Crippen MR) is 87.5 cm³/mol. The minimum Gasteiger partial charge on any atom is -0.369 e. The van der Waals surface area contributed by atoms with Gasteiger partial charge in [0, 0.05) is 25.6 Å².